The van der Waals surface area contributed by atoms with E-state index >= 15 is 0 Å². The van der Waals surface area contributed by atoms with E-state index in [2.05, 4.69) is 10.1 Å². The Hall–Kier alpha value is -2.55. The van der Waals surface area contributed by atoms with Gasteiger partial charge >= 0.3 is 31.1 Å². The molecule has 1 aromatic carbocycles. The minimum atomic E-state index is -0.579. The number of rotatable bonds is 6. The molecule has 0 amide bonds. The first-order valence-electron chi connectivity index (χ1n) is 12.0. The number of Topliss-reactive ketones (excluding diaryl/α,β-unsaturated/α-hetero) is 1. The molecule has 213 valence electrons. The third-order valence-electron chi connectivity index (χ3n) is 5.69. The van der Waals surface area contributed by atoms with E-state index in [4.69, 9.17) is 20.9 Å². The SMILES string of the molecule is CC.CC(=O)Cc1cccc(Oc2ccc3nc([NH-])cn3n2)c1.[CH3-].[NH-]/C(=C/[N+](=O)[O-])N1CCC2(COC2)C1.[U+2].[V]. The molecule has 5 rings (SSSR count). The monoisotopic (exact) mass is 813 g/mol. The number of carbonyl (C=O) groups is 1. The minimum Gasteiger partial charge on any atom is -0.481 e. The largest absolute Gasteiger partial charge is 2.00 e. The van der Waals surface area contributed by atoms with Crippen molar-refractivity contribution in [2.24, 2.45) is 5.41 Å². The van der Waals surface area contributed by atoms with E-state index in [1.165, 1.54) is 10.7 Å². The average Bonchev–Trinajstić information content (AvgIpc) is 3.44. The van der Waals surface area contributed by atoms with Crippen molar-refractivity contribution in [2.75, 3.05) is 26.3 Å². The van der Waals surface area contributed by atoms with E-state index < -0.39 is 4.92 Å². The summed E-state index contributed by atoms with van der Waals surface area (Å²) >= 11 is 0. The van der Waals surface area contributed by atoms with Crippen molar-refractivity contribution >= 4 is 17.2 Å². The number of imidazole rings is 1. The number of fused-ring (bicyclic) bond motifs is 1. The molecule has 2 aliphatic rings. The van der Waals surface area contributed by atoms with Crippen molar-refractivity contribution in [2.45, 2.75) is 33.6 Å². The molecule has 14 heteroatoms. The van der Waals surface area contributed by atoms with Crippen LogP contribution >= 0.6 is 0 Å². The number of carbonyl (C=O) groups excluding carboxylic acids is 1. The summed E-state index contributed by atoms with van der Waals surface area (Å²) in [6.45, 7) is 8.47. The van der Waals surface area contributed by atoms with Crippen LogP contribution in [0.4, 0.5) is 5.82 Å². The van der Waals surface area contributed by atoms with E-state index in [9.17, 15) is 14.9 Å². The maximum atomic E-state index is 11.2. The standard InChI is InChI=1S/C15H13N4O2.C8H12N3O3.C2H6.CH3.U.V/c1-10(20)7-11-3-2-4-12(8-11)21-15-6-5-14-17-13(16)9-19(14)18-15;9-7(3-11(12)13)10-2-1-8(4-10)5-14-6-8;1-2;;;/h2-6,8-9,16H,7H2,1H3;3,9H,1-2,4-6H2;1-2H3;1H3;;/q2*-1;;-1;+2;/b;7-3-;;;;. The van der Waals surface area contributed by atoms with Crippen LogP contribution in [0.15, 0.2) is 54.6 Å². The van der Waals surface area contributed by atoms with Crippen molar-refractivity contribution in [3.63, 3.8) is 0 Å². The summed E-state index contributed by atoms with van der Waals surface area (Å²) < 4.78 is 12.3. The summed E-state index contributed by atoms with van der Waals surface area (Å²) in [6.07, 6.45) is 3.61. The topological polar surface area (TPSA) is 160 Å². The molecule has 0 saturated carbocycles. The van der Waals surface area contributed by atoms with E-state index in [1.54, 1.807) is 30.0 Å². The van der Waals surface area contributed by atoms with E-state index in [1.807, 2.05) is 32.0 Å². The first kappa shape index (κ1) is 37.4. The first-order chi connectivity index (χ1) is 17.7. The van der Waals surface area contributed by atoms with Gasteiger partial charge in [-0.05, 0) is 56.0 Å². The van der Waals surface area contributed by atoms with Crippen LogP contribution in [-0.2, 0) is 34.5 Å². The molecule has 0 bridgehead atoms. The number of ether oxygens (including phenoxy) is 2. The Morgan fingerprint density at radius 3 is 2.55 bits per heavy atom. The Kier molecular flexibility index (Phi) is 16.2. The van der Waals surface area contributed by atoms with Crippen LogP contribution in [0, 0.1) is 54.1 Å². The molecule has 12 nitrogen and oxygen atoms in total. The van der Waals surface area contributed by atoms with Crippen molar-refractivity contribution < 1.29 is 68.9 Å². The summed E-state index contributed by atoms with van der Waals surface area (Å²) in [5.41, 5.74) is 16.6. The van der Waals surface area contributed by atoms with Gasteiger partial charge in [0.1, 0.15) is 11.5 Å². The Bertz CT molecular complexity index is 1280. The molecule has 1 radical (unpaired) electrons. The number of benzene rings is 1. The van der Waals surface area contributed by atoms with Crippen molar-refractivity contribution in [3.05, 3.63) is 89.2 Å². The maximum absolute atomic E-state index is 11.2. The predicted molar refractivity (Wildman–Crippen MR) is 144 cm³/mol. The van der Waals surface area contributed by atoms with Gasteiger partial charge in [0.15, 0.2) is 0 Å². The predicted octanol–water partition coefficient (Wildman–Crippen LogP) is 5.65. The molecule has 40 heavy (non-hydrogen) atoms. The van der Waals surface area contributed by atoms with Gasteiger partial charge in [-0.15, -0.1) is 5.10 Å². The molecular weight excluding hydrogens is 779 g/mol. The van der Waals surface area contributed by atoms with Gasteiger partial charge in [0.05, 0.1) is 23.8 Å². The van der Waals surface area contributed by atoms with Gasteiger partial charge in [0.2, 0.25) is 12.1 Å². The second-order valence-corrected chi connectivity index (χ2v) is 8.69. The van der Waals surface area contributed by atoms with Crippen LogP contribution in [0.3, 0.4) is 0 Å². The number of nitrogens with one attached hydrogen (secondary N) is 2. The molecule has 2 aromatic heterocycles. The van der Waals surface area contributed by atoms with E-state index in [0.29, 0.717) is 23.7 Å². The van der Waals surface area contributed by atoms with Crippen LogP contribution in [-0.4, -0.2) is 56.5 Å². The second kappa shape index (κ2) is 17.3. The fourth-order valence-electron chi connectivity index (χ4n) is 3.99. The van der Waals surface area contributed by atoms with Crippen LogP contribution in [0.25, 0.3) is 17.1 Å². The molecule has 2 fully saturated rings. The Labute approximate surface area is 270 Å². The fourth-order valence-corrected chi connectivity index (χ4v) is 3.99. The average molecular weight is 814 g/mol. The van der Waals surface area contributed by atoms with Crippen LogP contribution in [0.1, 0.15) is 32.8 Å². The third kappa shape index (κ3) is 10.4. The van der Waals surface area contributed by atoms with Gasteiger partial charge in [-0.3, -0.25) is 14.9 Å². The first-order valence-corrected chi connectivity index (χ1v) is 12.0. The van der Waals surface area contributed by atoms with Gasteiger partial charge in [0.25, 0.3) is 0 Å². The van der Waals surface area contributed by atoms with Gasteiger partial charge in [-0.1, -0.05) is 26.0 Å². The molecule has 2 saturated heterocycles. The summed E-state index contributed by atoms with van der Waals surface area (Å²) in [6, 6.07) is 10.8. The van der Waals surface area contributed by atoms with Crippen LogP contribution in [0.2, 0.25) is 0 Å². The van der Waals surface area contributed by atoms with Crippen molar-refractivity contribution in [1.82, 2.24) is 19.5 Å². The van der Waals surface area contributed by atoms with Crippen LogP contribution in [0.5, 0.6) is 11.6 Å². The molecule has 4 heterocycles. The minimum absolute atomic E-state index is 0. The molecular formula is C26H34N7O5UV-. The number of nitrogens with zero attached hydrogens (tertiary/aromatic N) is 5. The van der Waals surface area contributed by atoms with E-state index in [0.717, 1.165) is 44.5 Å². The quantitative estimate of drug-likeness (QED) is 0.176. The zero-order chi connectivity index (χ0) is 27.0. The number of ketones is 1. The van der Waals surface area contributed by atoms with E-state index in [-0.39, 0.29) is 79.9 Å². The number of nitro groups is 1. The summed E-state index contributed by atoms with van der Waals surface area (Å²) in [7, 11) is 0. The number of hydrogen-bond donors (Lipinski definition) is 0. The number of likely N-dealkylation sites (tertiary alicyclic amines) is 1. The zero-order valence-corrected chi connectivity index (χ0v) is 28.6. The van der Waals surface area contributed by atoms with Crippen LogP contribution < -0.4 is 4.74 Å². The number of hydrogen-bond acceptors (Lipinski definition) is 8. The molecule has 2 N–H and O–H groups in total. The molecule has 0 aliphatic carbocycles. The molecule has 2 aliphatic heterocycles. The maximum Gasteiger partial charge on any atom is 2.00 e. The molecule has 0 atom stereocenters. The fraction of sp³-hybridized carbons (Fsp3) is 0.385. The van der Waals surface area contributed by atoms with Gasteiger partial charge in [0, 0.05) is 48.5 Å². The third-order valence-corrected chi connectivity index (χ3v) is 5.69. The summed E-state index contributed by atoms with van der Waals surface area (Å²) in [5, 5.41) is 14.4. The Morgan fingerprint density at radius 1 is 1.27 bits per heavy atom. The summed E-state index contributed by atoms with van der Waals surface area (Å²) in [5.74, 6) is 1.28. The zero-order valence-electron chi connectivity index (χ0n) is 23.1. The van der Waals surface area contributed by atoms with Crippen molar-refractivity contribution in [1.29, 1.82) is 0 Å². The van der Waals surface area contributed by atoms with Crippen molar-refractivity contribution in [3.8, 4) is 11.6 Å². The smallest absolute Gasteiger partial charge is 0.481 e. The molecule has 3 aromatic rings. The Balaban J connectivity index is 0.000000707. The van der Waals surface area contributed by atoms with Gasteiger partial charge in [-0.25, -0.2) is 4.52 Å². The molecule has 1 spiro atoms. The van der Waals surface area contributed by atoms with Gasteiger partial charge < -0.3 is 38.3 Å². The normalized spacial score (nSPS) is 14.6. The number of aromatic nitrogens is 3. The molecule has 0 unspecified atom stereocenters. The van der Waals surface area contributed by atoms with Gasteiger partial charge in [-0.2, -0.15) is 0 Å². The summed E-state index contributed by atoms with van der Waals surface area (Å²) in [4.78, 5) is 26.5. The second-order valence-electron chi connectivity index (χ2n) is 8.69. The Morgan fingerprint density at radius 2 is 1.98 bits per heavy atom.